The van der Waals surface area contributed by atoms with E-state index in [2.05, 4.69) is 55.6 Å². The van der Waals surface area contributed by atoms with Crippen LogP contribution in [0.4, 0.5) is 0 Å². The van der Waals surface area contributed by atoms with Crippen LogP contribution in [0.2, 0.25) is 0 Å². The molecule has 0 aliphatic carbocycles. The van der Waals surface area contributed by atoms with E-state index in [1.165, 1.54) is 154 Å². The molecule has 0 saturated carbocycles. The maximum atomic E-state index is 12.4. The molecule has 0 heterocycles. The molecule has 346 valence electrons. The molecule has 0 aromatic rings. The number of allylic oxidation sites excluding steroid dienone is 6. The second-order valence-electron chi connectivity index (χ2n) is 17.5. The zero-order valence-electron chi connectivity index (χ0n) is 39.2. The summed E-state index contributed by atoms with van der Waals surface area (Å²) < 4.78 is 5.46. The van der Waals surface area contributed by atoms with E-state index in [1.807, 2.05) is 0 Å². The van der Waals surface area contributed by atoms with Crippen molar-refractivity contribution in [3.63, 3.8) is 0 Å². The molecule has 0 fully saturated rings. The Balaban J connectivity index is 3.45. The number of hydrogen-bond donors (Lipinski definition) is 3. The smallest absolute Gasteiger partial charge is 0.305 e. The van der Waals surface area contributed by atoms with Crippen LogP contribution in [0.3, 0.4) is 0 Å². The average Bonchev–Trinajstić information content (AvgIpc) is 3.24. The number of aliphatic hydroxyl groups excluding tert-OH is 2. The van der Waals surface area contributed by atoms with E-state index in [0.717, 1.165) is 77.0 Å². The van der Waals surface area contributed by atoms with Crippen molar-refractivity contribution in [2.24, 2.45) is 0 Å². The van der Waals surface area contributed by atoms with Gasteiger partial charge in [-0.15, -0.1) is 0 Å². The number of carbonyl (C=O) groups is 2. The minimum absolute atomic E-state index is 0.0182. The highest BCUT2D eigenvalue weighted by Gasteiger charge is 2.20. The molecule has 0 bridgehead atoms. The van der Waals surface area contributed by atoms with Crippen molar-refractivity contribution in [3.8, 4) is 0 Å². The minimum atomic E-state index is -0.672. The molecular weight excluding hydrogens is 731 g/mol. The van der Waals surface area contributed by atoms with Crippen molar-refractivity contribution in [2.75, 3.05) is 13.2 Å². The predicted octanol–water partition coefficient (Wildman–Crippen LogP) is 15.3. The van der Waals surface area contributed by atoms with Gasteiger partial charge in [-0.2, -0.15) is 0 Å². The van der Waals surface area contributed by atoms with Gasteiger partial charge in [-0.05, 0) is 83.5 Å². The topological polar surface area (TPSA) is 95.9 Å². The first-order valence-electron chi connectivity index (χ1n) is 25.7. The minimum Gasteiger partial charge on any atom is -0.466 e. The summed E-state index contributed by atoms with van der Waals surface area (Å²) in [6.45, 7) is 4.87. The number of nitrogens with one attached hydrogen (secondary N) is 1. The van der Waals surface area contributed by atoms with Crippen molar-refractivity contribution in [2.45, 2.75) is 276 Å². The molecule has 0 aromatic heterocycles. The fraction of sp³-hybridized carbons (Fsp3) is 0.849. The van der Waals surface area contributed by atoms with E-state index >= 15 is 0 Å². The van der Waals surface area contributed by atoms with Crippen LogP contribution in [-0.2, 0) is 14.3 Å². The lowest BCUT2D eigenvalue weighted by Crippen LogP contribution is -2.45. The van der Waals surface area contributed by atoms with Crippen LogP contribution < -0.4 is 5.32 Å². The standard InChI is InChI=1S/C53H99NO5/c1-3-5-7-9-11-13-14-15-16-17-18-21-24-27-31-35-39-43-47-53(58)59-48-44-40-36-32-28-25-22-19-20-23-26-30-34-38-42-46-52(57)54-50(49-55)51(56)45-41-37-33-29-12-10-8-6-4-2/h13-14,16-17,22,25,50-51,55-56H,3-12,15,18-21,23-24,26-49H2,1-2H3,(H,54,57)/b14-13-,17-16-,25-22-. The normalized spacial score (nSPS) is 12.9. The predicted molar refractivity (Wildman–Crippen MR) is 255 cm³/mol. The molecule has 59 heavy (non-hydrogen) atoms. The van der Waals surface area contributed by atoms with E-state index in [9.17, 15) is 19.8 Å². The second-order valence-corrected chi connectivity index (χ2v) is 17.5. The van der Waals surface area contributed by atoms with Gasteiger partial charge < -0.3 is 20.3 Å². The van der Waals surface area contributed by atoms with Gasteiger partial charge in [0.15, 0.2) is 0 Å². The molecule has 0 radical (unpaired) electrons. The van der Waals surface area contributed by atoms with Crippen LogP contribution in [0.15, 0.2) is 36.5 Å². The Morgan fingerprint density at radius 1 is 0.475 bits per heavy atom. The fourth-order valence-corrected chi connectivity index (χ4v) is 7.66. The average molecular weight is 830 g/mol. The van der Waals surface area contributed by atoms with E-state index in [4.69, 9.17) is 4.74 Å². The van der Waals surface area contributed by atoms with Gasteiger partial charge in [-0.3, -0.25) is 9.59 Å². The van der Waals surface area contributed by atoms with E-state index in [0.29, 0.717) is 25.9 Å². The number of rotatable bonds is 47. The molecule has 6 nitrogen and oxygen atoms in total. The van der Waals surface area contributed by atoms with Crippen LogP contribution in [0, 0.1) is 0 Å². The summed E-state index contributed by atoms with van der Waals surface area (Å²) in [4.78, 5) is 24.4. The van der Waals surface area contributed by atoms with Gasteiger partial charge >= 0.3 is 5.97 Å². The van der Waals surface area contributed by atoms with E-state index < -0.39 is 12.1 Å². The number of hydrogen-bond acceptors (Lipinski definition) is 5. The van der Waals surface area contributed by atoms with Gasteiger partial charge in [0.05, 0.1) is 25.4 Å². The Hall–Kier alpha value is -1.92. The molecule has 0 spiro atoms. The van der Waals surface area contributed by atoms with Gasteiger partial charge in [0.25, 0.3) is 0 Å². The zero-order valence-corrected chi connectivity index (χ0v) is 39.2. The van der Waals surface area contributed by atoms with E-state index in [1.54, 1.807) is 0 Å². The molecule has 2 atom stereocenters. The highest BCUT2D eigenvalue weighted by atomic mass is 16.5. The molecule has 0 aliphatic heterocycles. The molecular formula is C53H99NO5. The number of amides is 1. The van der Waals surface area contributed by atoms with Crippen LogP contribution in [0.1, 0.15) is 264 Å². The second kappa shape index (κ2) is 48.7. The van der Waals surface area contributed by atoms with Crippen molar-refractivity contribution < 1.29 is 24.5 Å². The highest BCUT2D eigenvalue weighted by molar-refractivity contribution is 5.76. The first kappa shape index (κ1) is 57.1. The van der Waals surface area contributed by atoms with Crippen LogP contribution in [0.25, 0.3) is 0 Å². The lowest BCUT2D eigenvalue weighted by atomic mass is 10.0. The molecule has 0 rings (SSSR count). The molecule has 0 aliphatic rings. The third kappa shape index (κ3) is 45.4. The van der Waals surface area contributed by atoms with Crippen molar-refractivity contribution in [1.29, 1.82) is 0 Å². The maximum absolute atomic E-state index is 12.4. The van der Waals surface area contributed by atoms with Gasteiger partial charge in [-0.1, -0.05) is 204 Å². The van der Waals surface area contributed by atoms with E-state index in [-0.39, 0.29) is 18.5 Å². The van der Waals surface area contributed by atoms with Crippen LogP contribution in [0.5, 0.6) is 0 Å². The molecule has 3 N–H and O–H groups in total. The van der Waals surface area contributed by atoms with Crippen LogP contribution in [-0.4, -0.2) is 47.4 Å². The van der Waals surface area contributed by atoms with Crippen LogP contribution >= 0.6 is 0 Å². The fourth-order valence-electron chi connectivity index (χ4n) is 7.66. The van der Waals surface area contributed by atoms with Gasteiger partial charge in [-0.25, -0.2) is 0 Å². The Morgan fingerprint density at radius 2 is 0.847 bits per heavy atom. The van der Waals surface area contributed by atoms with Gasteiger partial charge in [0.2, 0.25) is 5.91 Å². The number of esters is 1. The summed E-state index contributed by atoms with van der Waals surface area (Å²) in [5.41, 5.74) is 0. The highest BCUT2D eigenvalue weighted by Crippen LogP contribution is 2.15. The molecule has 0 aromatic carbocycles. The molecule has 6 heteroatoms. The Kier molecular flexibility index (Phi) is 47.2. The van der Waals surface area contributed by atoms with Crippen molar-refractivity contribution in [3.05, 3.63) is 36.5 Å². The summed E-state index contributed by atoms with van der Waals surface area (Å²) in [5, 5.41) is 23.0. The Labute approximate surface area is 366 Å². The third-order valence-corrected chi connectivity index (χ3v) is 11.7. The monoisotopic (exact) mass is 830 g/mol. The first-order chi connectivity index (χ1) is 29.0. The third-order valence-electron chi connectivity index (χ3n) is 11.7. The maximum Gasteiger partial charge on any atom is 0.305 e. The Morgan fingerprint density at radius 3 is 1.32 bits per heavy atom. The summed E-state index contributed by atoms with van der Waals surface area (Å²) in [6.07, 6.45) is 58.3. The first-order valence-corrected chi connectivity index (χ1v) is 25.7. The lowest BCUT2D eigenvalue weighted by molar-refractivity contribution is -0.143. The molecule has 1 amide bonds. The number of ether oxygens (including phenoxy) is 1. The van der Waals surface area contributed by atoms with Crippen molar-refractivity contribution >= 4 is 11.9 Å². The number of carbonyl (C=O) groups excluding carboxylic acids is 2. The van der Waals surface area contributed by atoms with Gasteiger partial charge in [0.1, 0.15) is 0 Å². The summed E-state index contributed by atoms with van der Waals surface area (Å²) in [6, 6.07) is -0.551. The molecule has 2 unspecified atom stereocenters. The summed E-state index contributed by atoms with van der Waals surface area (Å²) in [5.74, 6) is -0.0723. The van der Waals surface area contributed by atoms with Gasteiger partial charge in [0, 0.05) is 12.8 Å². The zero-order chi connectivity index (χ0) is 43.0. The SMILES string of the molecule is CCCCCC/C=C\C/C=C\CCCCCCCCCC(=O)OCCCCCC/C=C\CCCCCCCCCC(=O)NC(CO)C(O)CCCCCCCCCCC. The number of unbranched alkanes of at least 4 members (excludes halogenated alkanes) is 30. The quantitative estimate of drug-likeness (QED) is 0.0323. The van der Waals surface area contributed by atoms with Crippen molar-refractivity contribution in [1.82, 2.24) is 5.32 Å². The largest absolute Gasteiger partial charge is 0.466 e. The summed E-state index contributed by atoms with van der Waals surface area (Å²) in [7, 11) is 0. The molecule has 0 saturated heterocycles. The number of aliphatic hydroxyl groups is 2. The summed E-state index contributed by atoms with van der Waals surface area (Å²) >= 11 is 0. The Bertz CT molecular complexity index is 962. The lowest BCUT2D eigenvalue weighted by Gasteiger charge is -2.22.